The van der Waals surface area contributed by atoms with Crippen molar-refractivity contribution in [3.63, 3.8) is 0 Å². The van der Waals surface area contributed by atoms with Crippen LogP contribution in [0.2, 0.25) is 0 Å². The monoisotopic (exact) mass is 205 g/mol. The molecule has 0 radical (unpaired) electrons. The van der Waals surface area contributed by atoms with Crippen LogP contribution in [0.25, 0.3) is 0 Å². The quantitative estimate of drug-likeness (QED) is 0.794. The lowest BCUT2D eigenvalue weighted by Crippen LogP contribution is -1.90. The Hall–Kier alpha value is -1.88. The Morgan fingerprint density at radius 2 is 2.27 bits per heavy atom. The molecule has 0 aliphatic rings. The van der Waals surface area contributed by atoms with Crippen LogP contribution in [0.5, 0.6) is 11.8 Å². The minimum Gasteiger partial charge on any atom is -0.419 e. The third kappa shape index (κ3) is 2.32. The summed E-state index contributed by atoms with van der Waals surface area (Å²) < 4.78 is 5.36. The van der Waals surface area contributed by atoms with Gasteiger partial charge in [0.25, 0.3) is 0 Å². The maximum Gasteiger partial charge on any atom is 0.240 e. The molecule has 15 heavy (non-hydrogen) atoms. The Balaban J connectivity index is 2.11. The predicted molar refractivity (Wildman–Crippen MR) is 53.6 cm³/mol. The summed E-state index contributed by atoms with van der Waals surface area (Å²) in [5.74, 6) is 0.940. The van der Waals surface area contributed by atoms with Crippen molar-refractivity contribution in [1.82, 2.24) is 15.2 Å². The van der Waals surface area contributed by atoms with Crippen LogP contribution < -0.4 is 4.74 Å². The number of aromatic nitrogens is 3. The van der Waals surface area contributed by atoms with Crippen LogP contribution >= 0.6 is 0 Å². The van der Waals surface area contributed by atoms with Gasteiger partial charge in [0.15, 0.2) is 0 Å². The zero-order chi connectivity index (χ0) is 10.7. The van der Waals surface area contributed by atoms with Gasteiger partial charge >= 0.3 is 0 Å². The number of nitrogens with zero attached hydrogens (tertiary/aromatic N) is 2. The highest BCUT2D eigenvalue weighted by molar-refractivity contribution is 5.22. The topological polar surface area (TPSA) is 71.0 Å². The van der Waals surface area contributed by atoms with E-state index in [9.17, 15) is 0 Å². The zero-order valence-electron chi connectivity index (χ0n) is 8.27. The maximum absolute atomic E-state index is 8.82. The highest BCUT2D eigenvalue weighted by atomic mass is 16.5. The van der Waals surface area contributed by atoms with E-state index in [1.54, 1.807) is 24.4 Å². The van der Waals surface area contributed by atoms with Crippen molar-refractivity contribution >= 4 is 0 Å². The molecule has 78 valence electrons. The van der Waals surface area contributed by atoms with Crippen molar-refractivity contribution in [2.24, 2.45) is 0 Å². The van der Waals surface area contributed by atoms with E-state index in [0.717, 1.165) is 11.3 Å². The van der Waals surface area contributed by atoms with E-state index in [2.05, 4.69) is 15.2 Å². The smallest absolute Gasteiger partial charge is 0.240 e. The standard InChI is InChI=1S/C10H11N3O2/c1-7-4-10(13-12-7)15-9-3-2-8(6-14)5-11-9/h2-5,14H,6H2,1H3,(H,12,13). The first kappa shape index (κ1) is 9.67. The number of ether oxygens (including phenoxy) is 1. The second-order valence-corrected chi connectivity index (χ2v) is 3.15. The number of rotatable bonds is 3. The van der Waals surface area contributed by atoms with Crippen LogP contribution in [-0.2, 0) is 6.61 Å². The van der Waals surface area contributed by atoms with Crippen LogP contribution in [-0.4, -0.2) is 20.3 Å². The Bertz CT molecular complexity index is 436. The number of hydrogen-bond acceptors (Lipinski definition) is 4. The normalized spacial score (nSPS) is 10.3. The average Bonchev–Trinajstić information content (AvgIpc) is 2.65. The summed E-state index contributed by atoms with van der Waals surface area (Å²) in [6, 6.07) is 5.22. The summed E-state index contributed by atoms with van der Waals surface area (Å²) in [5.41, 5.74) is 1.68. The van der Waals surface area contributed by atoms with Gasteiger partial charge in [0.05, 0.1) is 6.61 Å². The number of aromatic amines is 1. The van der Waals surface area contributed by atoms with Gasteiger partial charge < -0.3 is 9.84 Å². The number of H-pyrrole nitrogens is 1. The van der Waals surface area contributed by atoms with Crippen molar-refractivity contribution in [3.8, 4) is 11.8 Å². The Morgan fingerprint density at radius 3 is 2.80 bits per heavy atom. The molecular weight excluding hydrogens is 194 g/mol. The first-order valence-corrected chi connectivity index (χ1v) is 4.53. The number of aliphatic hydroxyl groups is 1. The van der Waals surface area contributed by atoms with Gasteiger partial charge in [0.1, 0.15) is 0 Å². The fourth-order valence-corrected chi connectivity index (χ4v) is 1.12. The molecule has 0 aromatic carbocycles. The lowest BCUT2D eigenvalue weighted by molar-refractivity contribution is 0.281. The van der Waals surface area contributed by atoms with Crippen LogP contribution in [0.4, 0.5) is 0 Å². The third-order valence-electron chi connectivity index (χ3n) is 1.87. The van der Waals surface area contributed by atoms with E-state index in [1.165, 1.54) is 0 Å². The molecule has 2 aromatic heterocycles. The van der Waals surface area contributed by atoms with Crippen molar-refractivity contribution < 1.29 is 9.84 Å². The molecule has 0 fully saturated rings. The number of pyridine rings is 1. The summed E-state index contributed by atoms with van der Waals surface area (Å²) in [6.07, 6.45) is 1.56. The number of aryl methyl sites for hydroxylation is 1. The molecule has 0 bridgehead atoms. The van der Waals surface area contributed by atoms with E-state index in [-0.39, 0.29) is 6.61 Å². The third-order valence-corrected chi connectivity index (χ3v) is 1.87. The highest BCUT2D eigenvalue weighted by Crippen LogP contribution is 2.17. The van der Waals surface area contributed by atoms with Gasteiger partial charge in [0.2, 0.25) is 11.8 Å². The Morgan fingerprint density at radius 1 is 1.40 bits per heavy atom. The summed E-state index contributed by atoms with van der Waals surface area (Å²) in [7, 11) is 0. The van der Waals surface area contributed by atoms with Gasteiger partial charge in [-0.05, 0) is 18.6 Å². The van der Waals surface area contributed by atoms with Crippen molar-refractivity contribution in [1.29, 1.82) is 0 Å². The molecule has 0 saturated carbocycles. The molecule has 0 aliphatic carbocycles. The molecule has 0 saturated heterocycles. The molecular formula is C10H11N3O2. The first-order valence-electron chi connectivity index (χ1n) is 4.53. The summed E-state index contributed by atoms with van der Waals surface area (Å²) in [4.78, 5) is 4.02. The molecule has 2 rings (SSSR count). The van der Waals surface area contributed by atoms with E-state index >= 15 is 0 Å². The number of hydrogen-bond donors (Lipinski definition) is 2. The molecule has 5 heteroatoms. The van der Waals surface area contributed by atoms with Gasteiger partial charge in [-0.2, -0.15) is 0 Å². The highest BCUT2D eigenvalue weighted by Gasteiger charge is 2.01. The second-order valence-electron chi connectivity index (χ2n) is 3.15. The second kappa shape index (κ2) is 4.10. The largest absolute Gasteiger partial charge is 0.419 e. The van der Waals surface area contributed by atoms with Crippen LogP contribution in [0.1, 0.15) is 11.3 Å². The molecule has 0 atom stereocenters. The van der Waals surface area contributed by atoms with Crippen LogP contribution in [0.3, 0.4) is 0 Å². The number of aliphatic hydroxyl groups excluding tert-OH is 1. The van der Waals surface area contributed by atoms with Crippen molar-refractivity contribution in [3.05, 3.63) is 35.7 Å². The van der Waals surface area contributed by atoms with Gasteiger partial charge in [-0.15, -0.1) is 5.10 Å². The van der Waals surface area contributed by atoms with Crippen LogP contribution in [0.15, 0.2) is 24.4 Å². The summed E-state index contributed by atoms with van der Waals surface area (Å²) in [5, 5.41) is 15.5. The summed E-state index contributed by atoms with van der Waals surface area (Å²) in [6.45, 7) is 1.87. The summed E-state index contributed by atoms with van der Waals surface area (Å²) >= 11 is 0. The van der Waals surface area contributed by atoms with Gasteiger partial charge in [0, 0.05) is 24.0 Å². The minimum absolute atomic E-state index is 0.0191. The molecule has 0 amide bonds. The van der Waals surface area contributed by atoms with Gasteiger partial charge in [-0.3, -0.25) is 5.10 Å². The fraction of sp³-hybridized carbons (Fsp3) is 0.200. The molecule has 2 heterocycles. The lowest BCUT2D eigenvalue weighted by atomic mass is 10.3. The molecule has 2 N–H and O–H groups in total. The van der Waals surface area contributed by atoms with E-state index in [0.29, 0.717) is 11.8 Å². The van der Waals surface area contributed by atoms with Crippen molar-refractivity contribution in [2.45, 2.75) is 13.5 Å². The zero-order valence-corrected chi connectivity index (χ0v) is 8.27. The van der Waals surface area contributed by atoms with Crippen molar-refractivity contribution in [2.75, 3.05) is 0 Å². The Kier molecular flexibility index (Phi) is 2.64. The van der Waals surface area contributed by atoms with Gasteiger partial charge in [-0.1, -0.05) is 0 Å². The maximum atomic E-state index is 8.82. The Labute approximate surface area is 86.7 Å². The SMILES string of the molecule is Cc1cc(Oc2ccc(CO)cn2)n[nH]1. The molecule has 2 aromatic rings. The van der Waals surface area contributed by atoms with E-state index < -0.39 is 0 Å². The number of nitrogens with one attached hydrogen (secondary N) is 1. The average molecular weight is 205 g/mol. The lowest BCUT2D eigenvalue weighted by Gasteiger charge is -2.00. The van der Waals surface area contributed by atoms with Gasteiger partial charge in [-0.25, -0.2) is 4.98 Å². The fourth-order valence-electron chi connectivity index (χ4n) is 1.12. The predicted octanol–water partition coefficient (Wildman–Crippen LogP) is 1.40. The minimum atomic E-state index is -0.0191. The first-order chi connectivity index (χ1) is 7.28. The molecule has 0 unspecified atom stereocenters. The van der Waals surface area contributed by atoms with E-state index in [4.69, 9.17) is 9.84 Å². The molecule has 5 nitrogen and oxygen atoms in total. The molecule has 0 spiro atoms. The van der Waals surface area contributed by atoms with Crippen LogP contribution in [0, 0.1) is 6.92 Å². The molecule has 0 aliphatic heterocycles. The van der Waals surface area contributed by atoms with E-state index in [1.807, 2.05) is 6.92 Å².